The number of amides is 1. The van der Waals surface area contributed by atoms with E-state index >= 15 is 4.39 Å². The topological polar surface area (TPSA) is 96.0 Å². The molecule has 47 heavy (non-hydrogen) atoms. The lowest BCUT2D eigenvalue weighted by Crippen LogP contribution is -2.50. The average Bonchev–Trinajstić information content (AvgIpc) is 3.02. The Hall–Kier alpha value is -3.82. The van der Waals surface area contributed by atoms with E-state index in [9.17, 15) is 18.0 Å². The molecule has 1 atom stereocenters. The minimum absolute atomic E-state index is 0.00153. The quantitative estimate of drug-likeness (QED) is 0.228. The first-order valence-corrected chi connectivity index (χ1v) is 19.4. The van der Waals surface area contributed by atoms with Crippen molar-refractivity contribution in [3.63, 3.8) is 0 Å². The monoisotopic (exact) mass is 675 g/mol. The second-order valence-electron chi connectivity index (χ2n) is 13.1. The molecule has 1 unspecified atom stereocenters. The van der Waals surface area contributed by atoms with Crippen molar-refractivity contribution in [2.45, 2.75) is 44.8 Å². The van der Waals surface area contributed by atoms with E-state index in [1.165, 1.54) is 18.3 Å². The highest BCUT2D eigenvalue weighted by Gasteiger charge is 2.37. The summed E-state index contributed by atoms with van der Waals surface area (Å²) in [5.41, 5.74) is -1.37. The Morgan fingerprint density at radius 2 is 1.83 bits per heavy atom. The van der Waals surface area contributed by atoms with E-state index in [1.807, 2.05) is 23.8 Å². The number of nitrogens with one attached hydrogen (secondary N) is 1. The third kappa shape index (κ3) is 8.56. The number of alkyl halides is 3. The normalized spacial score (nSPS) is 17.9. The molecule has 1 aromatic carbocycles. The number of halogens is 4. The van der Waals surface area contributed by atoms with Crippen LogP contribution in [0.15, 0.2) is 36.7 Å². The molecule has 5 rings (SSSR count). The van der Waals surface area contributed by atoms with Gasteiger partial charge in [0.05, 0.1) is 47.9 Å². The number of benzene rings is 1. The molecule has 0 radical (unpaired) electrons. The Balaban J connectivity index is 1.51. The summed E-state index contributed by atoms with van der Waals surface area (Å²) in [4.78, 5) is 32.6. The molecule has 2 aliphatic rings. The van der Waals surface area contributed by atoms with Crippen molar-refractivity contribution in [1.82, 2.24) is 19.9 Å². The molecular weight excluding hydrogens is 634 g/mol. The van der Waals surface area contributed by atoms with Crippen molar-refractivity contribution >= 4 is 31.2 Å². The van der Waals surface area contributed by atoms with Gasteiger partial charge in [-0.25, -0.2) is 19.3 Å². The first kappa shape index (κ1) is 34.5. The number of hydrogen-bond acceptors (Lipinski definition) is 9. The van der Waals surface area contributed by atoms with Crippen LogP contribution in [-0.4, -0.2) is 99.5 Å². The van der Waals surface area contributed by atoms with Crippen molar-refractivity contribution < 1.29 is 31.8 Å². The fraction of sp³-hybridized carbons (Fsp3) is 0.500. The molecule has 2 aromatic heterocycles. The number of piperazine rings is 1. The maximum Gasteiger partial charge on any atom is 0.417 e. The first-order valence-electron chi connectivity index (χ1n) is 15.7. The third-order valence-electron chi connectivity index (χ3n) is 8.38. The number of carbonyl (C=O) groups excluding carboxylic acids is 1. The Labute approximate surface area is 273 Å². The molecule has 0 spiro atoms. The van der Waals surface area contributed by atoms with Crippen LogP contribution in [0.3, 0.4) is 0 Å². The lowest BCUT2D eigenvalue weighted by Gasteiger charge is -2.39. The molecule has 0 bridgehead atoms. The fourth-order valence-electron chi connectivity index (χ4n) is 5.39. The van der Waals surface area contributed by atoms with Gasteiger partial charge in [0.1, 0.15) is 11.6 Å². The van der Waals surface area contributed by atoms with Crippen LogP contribution < -0.4 is 19.9 Å². The number of anilines is 3. The second-order valence-corrected chi connectivity index (χ2v) is 18.8. The number of pyridine rings is 1. The van der Waals surface area contributed by atoms with Crippen molar-refractivity contribution in [3.8, 4) is 17.3 Å². The van der Waals surface area contributed by atoms with E-state index in [4.69, 9.17) is 9.47 Å². The van der Waals surface area contributed by atoms with Crippen molar-refractivity contribution in [2.24, 2.45) is 0 Å². The van der Waals surface area contributed by atoms with Gasteiger partial charge in [-0.05, 0) is 32.1 Å². The zero-order valence-electron chi connectivity index (χ0n) is 27.3. The predicted molar refractivity (Wildman–Crippen MR) is 176 cm³/mol. The summed E-state index contributed by atoms with van der Waals surface area (Å²) in [6.07, 6.45) is -2.46. The van der Waals surface area contributed by atoms with Gasteiger partial charge in [-0.1, -0.05) is 19.6 Å². The van der Waals surface area contributed by atoms with E-state index in [2.05, 4.69) is 44.8 Å². The number of hydrogen-bond donors (Lipinski definition) is 1. The van der Waals surface area contributed by atoms with Crippen molar-refractivity contribution in [3.05, 3.63) is 53.6 Å². The van der Waals surface area contributed by atoms with E-state index < -0.39 is 37.1 Å². The molecule has 254 valence electrons. The molecule has 1 amide bonds. The number of aromatic nitrogens is 3. The molecule has 2 fully saturated rings. The molecule has 1 N–H and O–H groups in total. The van der Waals surface area contributed by atoms with Gasteiger partial charge in [-0.3, -0.25) is 4.79 Å². The summed E-state index contributed by atoms with van der Waals surface area (Å²) in [6, 6.07) is 5.99. The van der Waals surface area contributed by atoms with Crippen LogP contribution in [-0.2, 0) is 10.9 Å². The highest BCUT2D eigenvalue weighted by Crippen LogP contribution is 2.37. The standard InChI is InChI=1S/C32H41F4N7O3Si/c1-21-20-43(9-8-41(21)2)27-18-25(33)22(30-37-7-6-28(40-30)42-10-12-45-13-11-42)16-26(27)39-31(44)23-19-38-29(17-24(23)32(34,35)36)46-14-15-47(3,4)5/h6-7,16-19,21H,8-15,20H2,1-5H3,(H,39,44). The fourth-order valence-corrected chi connectivity index (χ4v) is 6.11. The van der Waals surface area contributed by atoms with E-state index in [1.54, 1.807) is 6.07 Å². The van der Waals surface area contributed by atoms with Crippen LogP contribution in [0.4, 0.5) is 34.8 Å². The SMILES string of the molecule is CC1CN(c2cc(F)c(-c3nccc(N4CCOCC4)n3)cc2NC(=O)c2cnc(OCC[Si](C)(C)C)cc2C(F)(F)F)CCN1C. The molecular formula is C32H41F4N7O3Si. The predicted octanol–water partition coefficient (Wildman–Crippen LogP) is 5.64. The Morgan fingerprint density at radius 3 is 2.51 bits per heavy atom. The molecule has 2 aliphatic heterocycles. The Bertz CT molecular complexity index is 1580. The van der Waals surface area contributed by atoms with Gasteiger partial charge in [-0.2, -0.15) is 13.2 Å². The van der Waals surface area contributed by atoms with Crippen LogP contribution in [0.1, 0.15) is 22.8 Å². The summed E-state index contributed by atoms with van der Waals surface area (Å²) in [5, 5.41) is 2.64. The Morgan fingerprint density at radius 1 is 1.09 bits per heavy atom. The highest BCUT2D eigenvalue weighted by molar-refractivity contribution is 6.76. The number of carbonyl (C=O) groups is 1. The zero-order chi connectivity index (χ0) is 33.9. The second kappa shape index (κ2) is 14.1. The summed E-state index contributed by atoms with van der Waals surface area (Å²) in [5.74, 6) is -1.20. The van der Waals surface area contributed by atoms with Gasteiger partial charge in [0.2, 0.25) is 5.88 Å². The van der Waals surface area contributed by atoms with E-state index in [0.29, 0.717) is 57.4 Å². The minimum Gasteiger partial charge on any atom is -0.478 e. The maximum absolute atomic E-state index is 15.9. The maximum atomic E-state index is 15.9. The van der Waals surface area contributed by atoms with Gasteiger partial charge in [0.25, 0.3) is 5.91 Å². The van der Waals surface area contributed by atoms with Crippen molar-refractivity contribution in [1.29, 1.82) is 0 Å². The number of morpholine rings is 1. The smallest absolute Gasteiger partial charge is 0.417 e. The zero-order valence-corrected chi connectivity index (χ0v) is 28.3. The van der Waals surface area contributed by atoms with Crippen LogP contribution in [0, 0.1) is 5.82 Å². The molecule has 10 nitrogen and oxygen atoms in total. The summed E-state index contributed by atoms with van der Waals surface area (Å²) in [6.45, 7) is 12.6. The Kier molecular flexibility index (Phi) is 10.4. The van der Waals surface area contributed by atoms with E-state index in [-0.39, 0.29) is 35.6 Å². The van der Waals surface area contributed by atoms with E-state index in [0.717, 1.165) is 18.3 Å². The number of likely N-dealkylation sites (N-methyl/N-ethyl adjacent to an activating group) is 1. The first-order chi connectivity index (χ1) is 22.2. The van der Waals surface area contributed by atoms with Crippen LogP contribution in [0.5, 0.6) is 5.88 Å². The minimum atomic E-state index is -4.86. The molecule has 0 saturated carbocycles. The molecule has 2 saturated heterocycles. The third-order valence-corrected chi connectivity index (χ3v) is 10.1. The van der Waals surface area contributed by atoms with Crippen molar-refractivity contribution in [2.75, 3.05) is 74.7 Å². The van der Waals surface area contributed by atoms with Crippen LogP contribution >= 0.6 is 0 Å². The average molecular weight is 676 g/mol. The number of rotatable bonds is 9. The molecule has 3 aromatic rings. The largest absolute Gasteiger partial charge is 0.478 e. The summed E-state index contributed by atoms with van der Waals surface area (Å²) >= 11 is 0. The number of nitrogens with zero attached hydrogens (tertiary/aromatic N) is 6. The van der Waals surface area contributed by atoms with Gasteiger partial charge in [0.15, 0.2) is 5.82 Å². The lowest BCUT2D eigenvalue weighted by molar-refractivity contribution is -0.138. The number of ether oxygens (including phenoxy) is 2. The molecule has 4 heterocycles. The summed E-state index contributed by atoms with van der Waals surface area (Å²) < 4.78 is 69.7. The van der Waals surface area contributed by atoms with Gasteiger partial charge < -0.3 is 29.5 Å². The lowest BCUT2D eigenvalue weighted by atomic mass is 10.1. The van der Waals surface area contributed by atoms with Gasteiger partial charge in [0, 0.05) is 71.4 Å². The van der Waals surface area contributed by atoms with Gasteiger partial charge in [-0.15, -0.1) is 0 Å². The molecule has 15 heteroatoms. The molecule has 0 aliphatic carbocycles. The summed E-state index contributed by atoms with van der Waals surface area (Å²) in [7, 11) is 0.488. The van der Waals surface area contributed by atoms with Crippen LogP contribution in [0.2, 0.25) is 25.7 Å². The highest BCUT2D eigenvalue weighted by atomic mass is 28.3. The van der Waals surface area contributed by atoms with Gasteiger partial charge >= 0.3 is 6.18 Å². The van der Waals surface area contributed by atoms with Crippen LogP contribution in [0.25, 0.3) is 11.4 Å².